The molecule has 1 aromatic rings. The van der Waals surface area contributed by atoms with Crippen LogP contribution in [0.5, 0.6) is 11.5 Å². The van der Waals surface area contributed by atoms with Gasteiger partial charge in [-0.15, -0.1) is 0 Å². The first-order valence-corrected chi connectivity index (χ1v) is 7.61. The third kappa shape index (κ3) is 3.73. The summed E-state index contributed by atoms with van der Waals surface area (Å²) >= 11 is 0. The van der Waals surface area contributed by atoms with E-state index in [0.717, 1.165) is 29.2 Å². The van der Waals surface area contributed by atoms with Crippen LogP contribution in [0.15, 0.2) is 12.1 Å². The van der Waals surface area contributed by atoms with Gasteiger partial charge in [0.2, 0.25) is 0 Å². The van der Waals surface area contributed by atoms with E-state index < -0.39 is 6.03 Å². The minimum Gasteiger partial charge on any atom is -0.493 e. The minimum absolute atomic E-state index is 0.275. The molecule has 1 heterocycles. The second-order valence-corrected chi connectivity index (χ2v) is 5.60. The van der Waals surface area contributed by atoms with E-state index in [1.807, 2.05) is 19.1 Å². The number of rotatable bonds is 4. The third-order valence-corrected chi connectivity index (χ3v) is 4.31. The smallest absolute Gasteiger partial charge is 0.321 e. The normalized spacial score (nSPS) is 17.7. The Kier molecular flexibility index (Phi) is 5.44. The maximum Gasteiger partial charge on any atom is 0.321 e. The van der Waals surface area contributed by atoms with Gasteiger partial charge in [0.05, 0.1) is 20.8 Å². The zero-order valence-electron chi connectivity index (χ0n) is 14.0. The summed E-state index contributed by atoms with van der Waals surface area (Å²) in [4.78, 5) is 24.5. The van der Waals surface area contributed by atoms with Crippen LogP contribution >= 0.6 is 0 Å². The number of benzene rings is 1. The lowest BCUT2D eigenvalue weighted by atomic mass is 9.97. The fourth-order valence-electron chi connectivity index (χ4n) is 2.83. The number of urea groups is 1. The second-order valence-electron chi connectivity index (χ2n) is 5.60. The van der Waals surface area contributed by atoms with Gasteiger partial charge >= 0.3 is 6.03 Å². The first-order chi connectivity index (χ1) is 11.0. The molecule has 2 rings (SSSR count). The lowest BCUT2D eigenvalue weighted by molar-refractivity contribution is -0.929. The summed E-state index contributed by atoms with van der Waals surface area (Å²) in [6.07, 6.45) is 0.850. The van der Waals surface area contributed by atoms with Gasteiger partial charge in [-0.05, 0) is 24.6 Å². The Morgan fingerprint density at radius 2 is 1.78 bits per heavy atom. The van der Waals surface area contributed by atoms with Gasteiger partial charge < -0.3 is 19.7 Å². The molecular weight excluding hydrogens is 298 g/mol. The van der Waals surface area contributed by atoms with Crippen molar-refractivity contribution in [3.63, 3.8) is 0 Å². The number of fused-ring (bicyclic) bond motifs is 1. The summed E-state index contributed by atoms with van der Waals surface area (Å²) in [6, 6.07) is 3.18. The standard InChI is InChI=1S/C16H23N3O4/c1-10(15(20)18-16(21)17-2)19-6-5-11-7-13(22-3)14(23-4)8-12(11)9-19/h7-8,10H,5-6,9H2,1-4H3,(H2,17,18,20,21)/p+1/t10-/m1/s1. The van der Waals surface area contributed by atoms with E-state index in [1.54, 1.807) is 14.2 Å². The number of hydrogen-bond donors (Lipinski definition) is 3. The Labute approximate surface area is 135 Å². The van der Waals surface area contributed by atoms with Crippen LogP contribution in [-0.4, -0.2) is 45.8 Å². The van der Waals surface area contributed by atoms with Crippen molar-refractivity contribution in [2.45, 2.75) is 25.9 Å². The fraction of sp³-hybridized carbons (Fsp3) is 0.500. The van der Waals surface area contributed by atoms with Crippen molar-refractivity contribution in [2.24, 2.45) is 0 Å². The fourth-order valence-corrected chi connectivity index (χ4v) is 2.83. The average Bonchev–Trinajstić information content (AvgIpc) is 2.58. The monoisotopic (exact) mass is 322 g/mol. The van der Waals surface area contributed by atoms with Gasteiger partial charge in [0, 0.05) is 19.0 Å². The van der Waals surface area contributed by atoms with Crippen LogP contribution < -0.4 is 25.0 Å². The molecule has 3 N–H and O–H groups in total. The van der Waals surface area contributed by atoms with Gasteiger partial charge in [-0.2, -0.15) is 0 Å². The topological polar surface area (TPSA) is 81.1 Å². The van der Waals surface area contributed by atoms with Crippen LogP contribution in [0.1, 0.15) is 18.1 Å². The number of amides is 3. The summed E-state index contributed by atoms with van der Waals surface area (Å²) in [5.74, 6) is 1.14. The van der Waals surface area contributed by atoms with Crippen LogP contribution in [-0.2, 0) is 17.8 Å². The number of nitrogens with one attached hydrogen (secondary N) is 3. The SMILES string of the molecule is CNC(=O)NC(=O)[C@@H](C)[NH+]1CCc2cc(OC)c(OC)cc2C1. The van der Waals surface area contributed by atoms with Gasteiger partial charge in [0.1, 0.15) is 6.54 Å². The summed E-state index contributed by atoms with van der Waals surface area (Å²) in [5.41, 5.74) is 2.36. The molecule has 23 heavy (non-hydrogen) atoms. The van der Waals surface area contributed by atoms with Crippen molar-refractivity contribution in [3.8, 4) is 11.5 Å². The van der Waals surface area contributed by atoms with Crippen LogP contribution in [0.2, 0.25) is 0 Å². The number of hydrogen-bond acceptors (Lipinski definition) is 4. The van der Waals surface area contributed by atoms with Crippen molar-refractivity contribution in [1.82, 2.24) is 10.6 Å². The van der Waals surface area contributed by atoms with Crippen LogP contribution in [0.4, 0.5) is 4.79 Å². The van der Waals surface area contributed by atoms with Crippen molar-refractivity contribution < 1.29 is 24.0 Å². The summed E-state index contributed by atoms with van der Waals surface area (Å²) in [5, 5.41) is 4.72. The molecule has 0 saturated carbocycles. The zero-order valence-corrected chi connectivity index (χ0v) is 14.0. The van der Waals surface area contributed by atoms with E-state index in [0.29, 0.717) is 12.3 Å². The number of imide groups is 1. The lowest BCUT2D eigenvalue weighted by Crippen LogP contribution is -3.16. The van der Waals surface area contributed by atoms with E-state index in [1.165, 1.54) is 12.6 Å². The molecule has 126 valence electrons. The highest BCUT2D eigenvalue weighted by Crippen LogP contribution is 2.31. The van der Waals surface area contributed by atoms with E-state index in [-0.39, 0.29) is 11.9 Å². The zero-order chi connectivity index (χ0) is 17.0. The number of ether oxygens (including phenoxy) is 2. The van der Waals surface area contributed by atoms with Crippen molar-refractivity contribution in [2.75, 3.05) is 27.8 Å². The highest BCUT2D eigenvalue weighted by Gasteiger charge is 2.30. The average molecular weight is 322 g/mol. The first-order valence-electron chi connectivity index (χ1n) is 7.61. The molecule has 0 aliphatic carbocycles. The van der Waals surface area contributed by atoms with E-state index in [4.69, 9.17) is 9.47 Å². The molecule has 0 aromatic heterocycles. The summed E-state index contributed by atoms with van der Waals surface area (Å²) in [6.45, 7) is 3.36. The van der Waals surface area contributed by atoms with E-state index in [9.17, 15) is 9.59 Å². The van der Waals surface area contributed by atoms with Crippen LogP contribution in [0, 0.1) is 0 Å². The van der Waals surface area contributed by atoms with Crippen molar-refractivity contribution in [1.29, 1.82) is 0 Å². The molecule has 3 amide bonds. The largest absolute Gasteiger partial charge is 0.493 e. The number of carbonyl (C=O) groups excluding carboxylic acids is 2. The van der Waals surface area contributed by atoms with Gasteiger partial charge in [-0.3, -0.25) is 10.1 Å². The molecule has 7 heteroatoms. The molecule has 7 nitrogen and oxygen atoms in total. The maximum atomic E-state index is 12.1. The van der Waals surface area contributed by atoms with Gasteiger partial charge in [0.25, 0.3) is 5.91 Å². The Morgan fingerprint density at radius 3 is 2.35 bits per heavy atom. The number of carbonyl (C=O) groups is 2. The van der Waals surface area contributed by atoms with Gasteiger partial charge in [0.15, 0.2) is 17.5 Å². The third-order valence-electron chi connectivity index (χ3n) is 4.31. The highest BCUT2D eigenvalue weighted by atomic mass is 16.5. The molecule has 0 spiro atoms. The predicted octanol–water partition coefficient (Wildman–Crippen LogP) is -0.511. The number of methoxy groups -OCH3 is 2. The minimum atomic E-state index is -0.481. The Bertz CT molecular complexity index is 603. The first kappa shape index (κ1) is 17.1. The molecule has 0 saturated heterocycles. The van der Waals surface area contributed by atoms with E-state index >= 15 is 0 Å². The molecule has 2 atom stereocenters. The predicted molar refractivity (Wildman–Crippen MR) is 84.8 cm³/mol. The molecule has 1 aliphatic rings. The Morgan fingerprint density at radius 1 is 1.17 bits per heavy atom. The van der Waals surface area contributed by atoms with E-state index in [2.05, 4.69) is 10.6 Å². The van der Waals surface area contributed by atoms with Crippen LogP contribution in [0.25, 0.3) is 0 Å². The summed E-state index contributed by atoms with van der Waals surface area (Å²) in [7, 11) is 4.71. The van der Waals surface area contributed by atoms with Crippen molar-refractivity contribution >= 4 is 11.9 Å². The quantitative estimate of drug-likeness (QED) is 0.697. The van der Waals surface area contributed by atoms with Gasteiger partial charge in [-0.25, -0.2) is 4.79 Å². The molecule has 0 bridgehead atoms. The maximum absolute atomic E-state index is 12.1. The van der Waals surface area contributed by atoms with Crippen LogP contribution in [0.3, 0.4) is 0 Å². The Balaban J connectivity index is 2.13. The molecule has 1 unspecified atom stereocenters. The lowest BCUT2D eigenvalue weighted by Gasteiger charge is -2.30. The molecule has 1 aromatic carbocycles. The highest BCUT2D eigenvalue weighted by molar-refractivity contribution is 5.96. The molecular formula is C16H24N3O4+. The molecule has 0 radical (unpaired) electrons. The molecule has 0 fully saturated rings. The Hall–Kier alpha value is -2.28. The second kappa shape index (κ2) is 7.32. The summed E-state index contributed by atoms with van der Waals surface area (Å²) < 4.78 is 10.7. The van der Waals surface area contributed by atoms with Gasteiger partial charge in [-0.1, -0.05) is 0 Å². The van der Waals surface area contributed by atoms with Crippen molar-refractivity contribution in [3.05, 3.63) is 23.3 Å². The number of quaternary nitrogens is 1. The molecule has 1 aliphatic heterocycles.